The molecule has 3 nitrogen and oxygen atoms in total. The summed E-state index contributed by atoms with van der Waals surface area (Å²) in [7, 11) is 0. The zero-order valence-electron chi connectivity index (χ0n) is 11.0. The maximum atomic E-state index is 5.89. The molecule has 1 unspecified atom stereocenters. The Balaban J connectivity index is 1.96. The number of nitrogen functional groups attached to an aromatic ring is 1. The quantitative estimate of drug-likeness (QED) is 0.656. The van der Waals surface area contributed by atoms with Gasteiger partial charge in [-0.05, 0) is 38.8 Å². The summed E-state index contributed by atoms with van der Waals surface area (Å²) in [6, 6.07) is 5.92. The normalized spacial score (nSPS) is 19.4. The Bertz CT molecular complexity index is 389. The number of benzene rings is 1. The molecule has 1 aromatic rings. The lowest BCUT2D eigenvalue weighted by Gasteiger charge is -2.13. The summed E-state index contributed by atoms with van der Waals surface area (Å²) >= 11 is 1.79. The highest BCUT2D eigenvalue weighted by Crippen LogP contribution is 2.29. The Morgan fingerprint density at radius 3 is 2.94 bits per heavy atom. The molecule has 0 saturated carbocycles. The lowest BCUT2D eigenvalue weighted by atomic mass is 10.3. The van der Waals surface area contributed by atoms with Crippen molar-refractivity contribution < 1.29 is 9.47 Å². The molecule has 0 aromatic heterocycles. The third kappa shape index (κ3) is 4.10. The summed E-state index contributed by atoms with van der Waals surface area (Å²) in [6.07, 6.45) is 2.92. The molecule has 0 amide bonds. The molecule has 0 radical (unpaired) electrons. The first-order chi connectivity index (χ1) is 8.63. The predicted octanol–water partition coefficient (Wildman–Crippen LogP) is 3.33. The summed E-state index contributed by atoms with van der Waals surface area (Å²) < 4.78 is 11.3. The van der Waals surface area contributed by atoms with Crippen LogP contribution in [-0.4, -0.2) is 24.6 Å². The molecular formula is C14H21NO2S. The number of hydrogen-bond donors (Lipinski definition) is 1. The molecule has 18 heavy (non-hydrogen) atoms. The molecule has 1 aromatic carbocycles. The topological polar surface area (TPSA) is 44.5 Å². The van der Waals surface area contributed by atoms with Crippen molar-refractivity contribution in [2.75, 3.05) is 18.1 Å². The Morgan fingerprint density at radius 2 is 2.28 bits per heavy atom. The molecule has 1 aliphatic rings. The van der Waals surface area contributed by atoms with Crippen LogP contribution in [0.15, 0.2) is 23.1 Å². The molecule has 0 bridgehead atoms. The van der Waals surface area contributed by atoms with Crippen molar-refractivity contribution in [2.45, 2.75) is 43.8 Å². The fourth-order valence-electron chi connectivity index (χ4n) is 1.98. The van der Waals surface area contributed by atoms with Gasteiger partial charge in [0, 0.05) is 29.0 Å². The van der Waals surface area contributed by atoms with Crippen LogP contribution in [0.3, 0.4) is 0 Å². The van der Waals surface area contributed by atoms with Crippen molar-refractivity contribution in [1.29, 1.82) is 0 Å². The van der Waals surface area contributed by atoms with E-state index in [-0.39, 0.29) is 6.10 Å². The molecule has 4 heteroatoms. The average molecular weight is 267 g/mol. The Labute approximate surface area is 113 Å². The van der Waals surface area contributed by atoms with E-state index < -0.39 is 0 Å². The van der Waals surface area contributed by atoms with E-state index in [0.717, 1.165) is 28.7 Å². The first-order valence-electron chi connectivity index (χ1n) is 6.45. The van der Waals surface area contributed by atoms with Gasteiger partial charge in [0.1, 0.15) is 5.75 Å². The summed E-state index contributed by atoms with van der Waals surface area (Å²) in [5, 5.41) is 0. The third-order valence-electron chi connectivity index (χ3n) is 2.73. The molecule has 1 saturated heterocycles. The molecule has 0 spiro atoms. The minimum absolute atomic E-state index is 0.169. The SMILES string of the molecule is CC(C)Oc1cc(N)cc(SCC2CCCO2)c1. The molecule has 0 aliphatic carbocycles. The fourth-order valence-corrected chi connectivity index (χ4v) is 3.04. The highest BCUT2D eigenvalue weighted by molar-refractivity contribution is 7.99. The highest BCUT2D eigenvalue weighted by Gasteiger charge is 2.15. The number of rotatable bonds is 5. The van der Waals surface area contributed by atoms with E-state index in [0.29, 0.717) is 6.10 Å². The van der Waals surface area contributed by atoms with Gasteiger partial charge in [-0.25, -0.2) is 0 Å². The van der Waals surface area contributed by atoms with E-state index >= 15 is 0 Å². The molecule has 1 atom stereocenters. The monoisotopic (exact) mass is 267 g/mol. The van der Waals surface area contributed by atoms with E-state index in [2.05, 4.69) is 6.07 Å². The van der Waals surface area contributed by atoms with Crippen LogP contribution < -0.4 is 10.5 Å². The molecule has 1 fully saturated rings. The Hall–Kier alpha value is -0.870. The van der Waals surface area contributed by atoms with E-state index in [1.54, 1.807) is 11.8 Å². The van der Waals surface area contributed by atoms with Crippen LogP contribution in [0.5, 0.6) is 5.75 Å². The van der Waals surface area contributed by atoms with Gasteiger partial charge in [-0.1, -0.05) is 0 Å². The van der Waals surface area contributed by atoms with Gasteiger partial charge < -0.3 is 15.2 Å². The van der Waals surface area contributed by atoms with Crippen molar-refractivity contribution in [2.24, 2.45) is 0 Å². The number of ether oxygens (including phenoxy) is 2. The first-order valence-corrected chi connectivity index (χ1v) is 7.43. The average Bonchev–Trinajstić information content (AvgIpc) is 2.77. The Morgan fingerprint density at radius 1 is 1.44 bits per heavy atom. The second-order valence-corrected chi connectivity index (χ2v) is 5.94. The fraction of sp³-hybridized carbons (Fsp3) is 0.571. The van der Waals surface area contributed by atoms with Gasteiger partial charge in [0.05, 0.1) is 12.2 Å². The van der Waals surface area contributed by atoms with Gasteiger partial charge >= 0.3 is 0 Å². The van der Waals surface area contributed by atoms with Crippen LogP contribution in [0.25, 0.3) is 0 Å². The number of thioether (sulfide) groups is 1. The van der Waals surface area contributed by atoms with Crippen molar-refractivity contribution in [1.82, 2.24) is 0 Å². The summed E-state index contributed by atoms with van der Waals surface area (Å²) in [4.78, 5) is 1.15. The molecule has 2 rings (SSSR count). The van der Waals surface area contributed by atoms with E-state index in [9.17, 15) is 0 Å². The van der Waals surface area contributed by atoms with E-state index in [1.165, 1.54) is 12.8 Å². The molecule has 100 valence electrons. The summed E-state index contributed by atoms with van der Waals surface area (Å²) in [6.45, 7) is 4.94. The van der Waals surface area contributed by atoms with Crippen LogP contribution in [0.2, 0.25) is 0 Å². The second kappa shape index (κ2) is 6.34. The molecule has 2 N–H and O–H groups in total. The lowest BCUT2D eigenvalue weighted by Crippen LogP contribution is -2.08. The van der Waals surface area contributed by atoms with Gasteiger partial charge in [0.2, 0.25) is 0 Å². The first kappa shape index (κ1) is 13.6. The van der Waals surface area contributed by atoms with Gasteiger partial charge in [0.15, 0.2) is 0 Å². The van der Waals surface area contributed by atoms with Gasteiger partial charge in [-0.3, -0.25) is 0 Å². The van der Waals surface area contributed by atoms with Crippen molar-refractivity contribution >= 4 is 17.4 Å². The Kier molecular flexibility index (Phi) is 4.78. The van der Waals surface area contributed by atoms with Crippen LogP contribution in [-0.2, 0) is 4.74 Å². The predicted molar refractivity (Wildman–Crippen MR) is 76.3 cm³/mol. The van der Waals surface area contributed by atoms with Crippen molar-refractivity contribution in [3.8, 4) is 5.75 Å². The summed E-state index contributed by atoms with van der Waals surface area (Å²) in [5.41, 5.74) is 6.65. The van der Waals surface area contributed by atoms with Crippen LogP contribution in [0, 0.1) is 0 Å². The summed E-state index contributed by atoms with van der Waals surface area (Å²) in [5.74, 6) is 1.84. The standard InChI is InChI=1S/C14H21NO2S/c1-10(2)17-13-6-11(15)7-14(8-13)18-9-12-4-3-5-16-12/h6-8,10,12H,3-5,9,15H2,1-2H3. The second-order valence-electron chi connectivity index (χ2n) is 4.85. The molecular weight excluding hydrogens is 246 g/mol. The van der Waals surface area contributed by atoms with Crippen LogP contribution >= 0.6 is 11.8 Å². The van der Waals surface area contributed by atoms with Gasteiger partial charge in [0.25, 0.3) is 0 Å². The maximum Gasteiger partial charge on any atom is 0.122 e. The number of nitrogens with two attached hydrogens (primary N) is 1. The molecule has 1 aliphatic heterocycles. The molecule has 1 heterocycles. The van der Waals surface area contributed by atoms with E-state index in [4.69, 9.17) is 15.2 Å². The number of anilines is 1. The zero-order valence-corrected chi connectivity index (χ0v) is 11.8. The minimum atomic E-state index is 0.169. The van der Waals surface area contributed by atoms with Crippen LogP contribution in [0.4, 0.5) is 5.69 Å². The lowest BCUT2D eigenvalue weighted by molar-refractivity contribution is 0.129. The van der Waals surface area contributed by atoms with E-state index in [1.807, 2.05) is 26.0 Å². The van der Waals surface area contributed by atoms with Crippen molar-refractivity contribution in [3.05, 3.63) is 18.2 Å². The smallest absolute Gasteiger partial charge is 0.122 e. The van der Waals surface area contributed by atoms with Crippen molar-refractivity contribution in [3.63, 3.8) is 0 Å². The van der Waals surface area contributed by atoms with Gasteiger partial charge in [-0.2, -0.15) is 0 Å². The highest BCUT2D eigenvalue weighted by atomic mass is 32.2. The minimum Gasteiger partial charge on any atom is -0.491 e. The third-order valence-corrected chi connectivity index (χ3v) is 3.84. The zero-order chi connectivity index (χ0) is 13.0. The largest absolute Gasteiger partial charge is 0.491 e. The van der Waals surface area contributed by atoms with Crippen LogP contribution in [0.1, 0.15) is 26.7 Å². The number of hydrogen-bond acceptors (Lipinski definition) is 4. The van der Waals surface area contributed by atoms with Gasteiger partial charge in [-0.15, -0.1) is 11.8 Å². The maximum absolute atomic E-state index is 5.89.